The smallest absolute Gasteiger partial charge is 0.417 e. The Morgan fingerprint density at radius 3 is 2.06 bits per heavy atom. The number of esters is 1. The molecule has 6 aromatic rings. The van der Waals surface area contributed by atoms with Crippen molar-refractivity contribution in [3.63, 3.8) is 0 Å². The van der Waals surface area contributed by atoms with Crippen molar-refractivity contribution < 1.29 is 32.4 Å². The highest BCUT2D eigenvalue weighted by Gasteiger charge is 2.36. The molecule has 50 heavy (non-hydrogen) atoms. The number of imidazole rings is 1. The molecule has 5 aromatic carbocycles. The maximum absolute atomic E-state index is 13.8. The number of nitro benzene ring substituents is 1. The lowest BCUT2D eigenvalue weighted by Crippen LogP contribution is -2.15. The fraction of sp³-hybridized carbons (Fsp3) is 0.0811. The third kappa shape index (κ3) is 7.49. The van der Waals surface area contributed by atoms with Gasteiger partial charge in [-0.05, 0) is 77.4 Å². The summed E-state index contributed by atoms with van der Waals surface area (Å²) in [4.78, 5) is 27.6. The minimum atomic E-state index is -4.77. The van der Waals surface area contributed by atoms with Crippen LogP contribution in [0, 0.1) is 10.1 Å². The minimum absolute atomic E-state index is 0.0289. The number of hydrogen-bond acceptors (Lipinski definition) is 6. The van der Waals surface area contributed by atoms with Crippen LogP contribution in [0.5, 0.6) is 11.5 Å². The van der Waals surface area contributed by atoms with Crippen molar-refractivity contribution in [1.82, 2.24) is 9.55 Å². The fourth-order valence-corrected chi connectivity index (χ4v) is 5.79. The van der Waals surface area contributed by atoms with Crippen molar-refractivity contribution in [3.8, 4) is 39.6 Å². The van der Waals surface area contributed by atoms with Gasteiger partial charge < -0.3 is 14.0 Å². The number of ether oxygens (including phenoxy) is 2. The number of carbonyl (C=O) groups is 1. The first-order valence-electron chi connectivity index (χ1n) is 14.8. The Morgan fingerprint density at radius 2 is 1.48 bits per heavy atom. The maximum atomic E-state index is 13.8. The van der Waals surface area contributed by atoms with Crippen LogP contribution in [-0.2, 0) is 17.3 Å². The molecular formula is C37H24Cl2F3N3O5. The van der Waals surface area contributed by atoms with Crippen LogP contribution in [-0.4, -0.2) is 27.6 Å². The van der Waals surface area contributed by atoms with Crippen LogP contribution >= 0.6 is 23.2 Å². The fourth-order valence-electron chi connectivity index (χ4n) is 5.29. The molecule has 0 aliphatic carbocycles. The molecule has 0 aliphatic rings. The summed E-state index contributed by atoms with van der Waals surface area (Å²) >= 11 is 12.6. The van der Waals surface area contributed by atoms with Crippen LogP contribution in [0.4, 0.5) is 18.9 Å². The van der Waals surface area contributed by atoms with Gasteiger partial charge in [0.1, 0.15) is 17.3 Å². The third-order valence-corrected chi connectivity index (χ3v) is 8.31. The average Bonchev–Trinajstić information content (AvgIpc) is 3.51. The summed E-state index contributed by atoms with van der Waals surface area (Å²) in [5, 5.41) is 11.7. The van der Waals surface area contributed by atoms with Crippen LogP contribution in [0.2, 0.25) is 10.0 Å². The van der Waals surface area contributed by atoms with Gasteiger partial charge in [0.2, 0.25) is 0 Å². The van der Waals surface area contributed by atoms with Crippen molar-refractivity contribution >= 4 is 34.9 Å². The number of rotatable bonds is 9. The van der Waals surface area contributed by atoms with E-state index in [0.717, 1.165) is 35.9 Å². The van der Waals surface area contributed by atoms with E-state index in [9.17, 15) is 28.1 Å². The topological polar surface area (TPSA) is 96.5 Å². The molecule has 13 heteroatoms. The number of hydrogen-bond donors (Lipinski definition) is 0. The van der Waals surface area contributed by atoms with Gasteiger partial charge in [0, 0.05) is 41.0 Å². The van der Waals surface area contributed by atoms with E-state index < -0.39 is 28.2 Å². The number of alkyl halides is 3. The van der Waals surface area contributed by atoms with Crippen molar-refractivity contribution in [1.29, 1.82) is 0 Å². The van der Waals surface area contributed by atoms with E-state index in [1.165, 1.54) is 30.3 Å². The molecule has 0 radical (unpaired) electrons. The van der Waals surface area contributed by atoms with E-state index in [4.69, 9.17) is 32.9 Å². The average molecular weight is 719 g/mol. The number of benzene rings is 5. The number of nitrogens with zero attached hydrogens (tertiary/aromatic N) is 3. The summed E-state index contributed by atoms with van der Waals surface area (Å²) in [6.45, 7) is 0. The number of non-ortho nitro benzene ring substituents is 1. The highest BCUT2D eigenvalue weighted by atomic mass is 35.5. The summed E-state index contributed by atoms with van der Waals surface area (Å²) in [5.41, 5.74) is 2.19. The first-order valence-corrected chi connectivity index (χ1v) is 15.6. The zero-order chi connectivity index (χ0) is 35.6. The molecule has 0 bridgehead atoms. The second-order valence-electron chi connectivity index (χ2n) is 11.0. The monoisotopic (exact) mass is 717 g/mol. The van der Waals surface area contributed by atoms with Crippen molar-refractivity contribution in [2.24, 2.45) is 0 Å². The molecule has 0 saturated carbocycles. The molecule has 0 amide bonds. The Balaban J connectivity index is 1.29. The van der Waals surface area contributed by atoms with Gasteiger partial charge in [-0.1, -0.05) is 59.6 Å². The summed E-state index contributed by atoms with van der Waals surface area (Å²) in [5.74, 6) is 0.372. The zero-order valence-electron chi connectivity index (χ0n) is 25.9. The van der Waals surface area contributed by atoms with Gasteiger partial charge in [0.15, 0.2) is 0 Å². The standard InChI is InChI=1S/C37H24Cl2F3N3O5/c1-49-36(46)31-20-27(11-17-32(31)37(40,41)42)44-21-34(30-16-8-25(38)19-33(30)39)43-35(44)18-22-2-4-23(5-3-22)24-6-12-28(13-7-24)50-29-14-9-26(10-15-29)45(47)48/h2-17,19-21H,18H2,1H3. The van der Waals surface area contributed by atoms with E-state index >= 15 is 0 Å². The number of aromatic nitrogens is 2. The van der Waals surface area contributed by atoms with Gasteiger partial charge in [-0.15, -0.1) is 0 Å². The summed E-state index contributed by atoms with van der Waals surface area (Å²) in [6, 6.07) is 29.0. The van der Waals surface area contributed by atoms with Crippen LogP contribution in [0.3, 0.4) is 0 Å². The summed E-state index contributed by atoms with van der Waals surface area (Å²) in [6.07, 6.45) is -2.85. The molecule has 0 spiro atoms. The van der Waals surface area contributed by atoms with Gasteiger partial charge in [0.05, 0.1) is 33.9 Å². The quantitative estimate of drug-likeness (QED) is 0.0839. The Hall–Kier alpha value is -5.65. The number of methoxy groups -OCH3 is 1. The molecule has 6 rings (SSSR count). The Labute approximate surface area is 293 Å². The number of halogens is 5. The first-order chi connectivity index (χ1) is 23.9. The summed E-state index contributed by atoms with van der Waals surface area (Å²) in [7, 11) is 1.02. The largest absolute Gasteiger partial charge is 0.465 e. The van der Waals surface area contributed by atoms with Gasteiger partial charge >= 0.3 is 12.1 Å². The Kier molecular flexibility index (Phi) is 9.63. The molecule has 1 aromatic heterocycles. The summed E-state index contributed by atoms with van der Waals surface area (Å²) < 4.78 is 53.4. The number of nitro groups is 1. The normalized spacial score (nSPS) is 11.3. The molecule has 8 nitrogen and oxygen atoms in total. The van der Waals surface area contributed by atoms with Gasteiger partial charge in [-0.25, -0.2) is 9.78 Å². The van der Waals surface area contributed by atoms with Crippen LogP contribution < -0.4 is 4.74 Å². The lowest BCUT2D eigenvalue weighted by atomic mass is 10.0. The molecule has 252 valence electrons. The molecule has 1 heterocycles. The van der Waals surface area contributed by atoms with Crippen molar-refractivity contribution in [2.75, 3.05) is 7.11 Å². The Morgan fingerprint density at radius 1 is 0.860 bits per heavy atom. The third-order valence-electron chi connectivity index (χ3n) is 7.77. The maximum Gasteiger partial charge on any atom is 0.417 e. The van der Waals surface area contributed by atoms with E-state index in [1.54, 1.807) is 41.1 Å². The molecule has 0 fully saturated rings. The lowest BCUT2D eigenvalue weighted by molar-refractivity contribution is -0.384. The molecule has 0 unspecified atom stereocenters. The van der Waals surface area contributed by atoms with Crippen molar-refractivity contribution in [3.05, 3.63) is 158 Å². The first kappa shape index (κ1) is 34.2. The second-order valence-corrected chi connectivity index (χ2v) is 11.9. The van der Waals surface area contributed by atoms with E-state index in [0.29, 0.717) is 38.6 Å². The molecule has 0 aliphatic heterocycles. The highest BCUT2D eigenvalue weighted by Crippen LogP contribution is 2.36. The van der Waals surface area contributed by atoms with E-state index in [1.807, 2.05) is 36.4 Å². The predicted molar refractivity (Wildman–Crippen MR) is 183 cm³/mol. The van der Waals surface area contributed by atoms with Gasteiger partial charge in [-0.3, -0.25) is 10.1 Å². The van der Waals surface area contributed by atoms with Gasteiger partial charge in [-0.2, -0.15) is 13.2 Å². The van der Waals surface area contributed by atoms with Crippen LogP contribution in [0.1, 0.15) is 27.3 Å². The SMILES string of the molecule is COC(=O)c1cc(-n2cc(-c3ccc(Cl)cc3Cl)nc2Cc2ccc(-c3ccc(Oc4ccc([N+](=O)[O-])cc4)cc3)cc2)ccc1C(F)(F)F. The molecular weight excluding hydrogens is 694 g/mol. The minimum Gasteiger partial charge on any atom is -0.465 e. The zero-order valence-corrected chi connectivity index (χ0v) is 27.5. The van der Waals surface area contributed by atoms with E-state index in [-0.39, 0.29) is 17.8 Å². The highest BCUT2D eigenvalue weighted by molar-refractivity contribution is 6.36. The lowest BCUT2D eigenvalue weighted by Gasteiger charge is -2.14. The van der Waals surface area contributed by atoms with Crippen LogP contribution in [0.15, 0.2) is 115 Å². The predicted octanol–water partition coefficient (Wildman–Crippen LogP) is 10.6. The Bertz CT molecular complexity index is 2200. The second kappa shape index (κ2) is 14.1. The van der Waals surface area contributed by atoms with Crippen molar-refractivity contribution in [2.45, 2.75) is 12.6 Å². The number of carbonyl (C=O) groups excluding carboxylic acids is 1. The van der Waals surface area contributed by atoms with Crippen LogP contribution in [0.25, 0.3) is 28.1 Å². The molecule has 0 saturated heterocycles. The molecule has 0 N–H and O–H groups in total. The molecule has 0 atom stereocenters. The van der Waals surface area contributed by atoms with Gasteiger partial charge in [0.25, 0.3) is 5.69 Å². The van der Waals surface area contributed by atoms with E-state index in [2.05, 4.69) is 4.74 Å².